The van der Waals surface area contributed by atoms with Crippen molar-refractivity contribution in [2.24, 2.45) is 4.99 Å². The second kappa shape index (κ2) is 8.86. The van der Waals surface area contributed by atoms with Gasteiger partial charge in [-0.1, -0.05) is 42.0 Å². The number of hydrogen-bond acceptors (Lipinski definition) is 3. The zero-order valence-corrected chi connectivity index (χ0v) is 16.3. The summed E-state index contributed by atoms with van der Waals surface area (Å²) in [6, 6.07) is 8.64. The maximum Gasteiger partial charge on any atom is 0.214 e. The largest absolute Gasteiger partial charge is 0.439 e. The second-order valence-electron chi connectivity index (χ2n) is 5.69. The summed E-state index contributed by atoms with van der Waals surface area (Å²) in [6.45, 7) is 2.57. The summed E-state index contributed by atoms with van der Waals surface area (Å²) < 4.78 is 5.81. The van der Waals surface area contributed by atoms with E-state index in [9.17, 15) is 0 Å². The lowest BCUT2D eigenvalue weighted by molar-refractivity contribution is 0.495. The summed E-state index contributed by atoms with van der Waals surface area (Å²) in [5.74, 6) is 2.20. The van der Waals surface area contributed by atoms with Crippen LogP contribution in [0.4, 0.5) is 0 Å². The normalized spacial score (nSPS) is 14.5. The number of hydrogen-bond donors (Lipinski definition) is 2. The van der Waals surface area contributed by atoms with E-state index in [1.165, 1.54) is 5.56 Å². The van der Waals surface area contributed by atoms with Crippen molar-refractivity contribution < 1.29 is 4.42 Å². The Hall–Kier alpha value is -1.83. The highest BCUT2D eigenvalue weighted by atomic mass is 127. The van der Waals surface area contributed by atoms with Gasteiger partial charge in [-0.2, -0.15) is 0 Å². The first-order valence-corrected chi connectivity index (χ1v) is 7.88. The fraction of sp³-hybridized carbons (Fsp3) is 0.333. The molecule has 1 heterocycles. The number of rotatable bonds is 4. The van der Waals surface area contributed by atoms with Crippen LogP contribution < -0.4 is 10.6 Å². The minimum absolute atomic E-state index is 0. The van der Waals surface area contributed by atoms with Crippen molar-refractivity contribution in [1.82, 2.24) is 15.6 Å². The topological polar surface area (TPSA) is 62.5 Å². The van der Waals surface area contributed by atoms with Gasteiger partial charge in [-0.15, -0.1) is 24.0 Å². The number of halogens is 1. The van der Waals surface area contributed by atoms with Crippen LogP contribution in [0, 0.1) is 6.92 Å². The van der Waals surface area contributed by atoms with Gasteiger partial charge in [0, 0.05) is 18.7 Å². The molecule has 0 bridgehead atoms. The molecule has 2 N–H and O–H groups in total. The van der Waals surface area contributed by atoms with Gasteiger partial charge in [0.25, 0.3) is 0 Å². The molecule has 1 aliphatic carbocycles. The lowest BCUT2D eigenvalue weighted by atomic mass is 10.1. The van der Waals surface area contributed by atoms with Gasteiger partial charge < -0.3 is 15.1 Å². The van der Waals surface area contributed by atoms with E-state index in [1.54, 1.807) is 13.2 Å². The van der Waals surface area contributed by atoms with E-state index in [1.807, 2.05) is 12.1 Å². The molecule has 1 aromatic carbocycles. The first kappa shape index (κ1) is 18.5. The molecule has 0 saturated heterocycles. The van der Waals surface area contributed by atoms with Crippen LogP contribution in [0.3, 0.4) is 0 Å². The summed E-state index contributed by atoms with van der Waals surface area (Å²) in [6.07, 6.45) is 8.22. The zero-order chi connectivity index (χ0) is 16.1. The minimum Gasteiger partial charge on any atom is -0.439 e. The number of nitrogens with one attached hydrogen (secondary N) is 2. The van der Waals surface area contributed by atoms with E-state index in [0.29, 0.717) is 18.5 Å². The number of aryl methyl sites for hydroxylation is 1. The second-order valence-corrected chi connectivity index (χ2v) is 5.69. The summed E-state index contributed by atoms with van der Waals surface area (Å²) in [5.41, 5.74) is 2.26. The minimum atomic E-state index is 0. The molecule has 2 aromatic rings. The number of aliphatic imine (C=N–C) groups is 1. The van der Waals surface area contributed by atoms with Crippen molar-refractivity contribution in [1.29, 1.82) is 0 Å². The molecule has 1 aliphatic rings. The van der Waals surface area contributed by atoms with Gasteiger partial charge in [-0.3, -0.25) is 4.99 Å². The van der Waals surface area contributed by atoms with Gasteiger partial charge in [-0.05, 0) is 19.8 Å². The first-order chi connectivity index (χ1) is 11.2. The van der Waals surface area contributed by atoms with Crippen LogP contribution in [0.25, 0.3) is 11.3 Å². The van der Waals surface area contributed by atoms with Crippen molar-refractivity contribution in [2.45, 2.75) is 32.4 Å². The summed E-state index contributed by atoms with van der Waals surface area (Å²) in [7, 11) is 1.77. The van der Waals surface area contributed by atoms with Crippen molar-refractivity contribution in [3.05, 3.63) is 54.1 Å². The molecule has 0 aliphatic heterocycles. The average molecular weight is 438 g/mol. The Morgan fingerprint density at radius 3 is 2.62 bits per heavy atom. The lowest BCUT2D eigenvalue weighted by Gasteiger charge is -2.16. The number of nitrogens with zero attached hydrogens (tertiary/aromatic N) is 2. The van der Waals surface area contributed by atoms with Crippen molar-refractivity contribution >= 4 is 29.9 Å². The highest BCUT2D eigenvalue weighted by Crippen LogP contribution is 2.20. The summed E-state index contributed by atoms with van der Waals surface area (Å²) >= 11 is 0. The predicted molar refractivity (Wildman–Crippen MR) is 108 cm³/mol. The molecule has 6 heteroatoms. The maximum absolute atomic E-state index is 5.81. The molecule has 3 rings (SSSR count). The first-order valence-electron chi connectivity index (χ1n) is 7.88. The molecular weight excluding hydrogens is 415 g/mol. The van der Waals surface area contributed by atoms with Gasteiger partial charge in [-0.25, -0.2) is 4.98 Å². The van der Waals surface area contributed by atoms with E-state index in [0.717, 1.165) is 30.1 Å². The van der Waals surface area contributed by atoms with Crippen LogP contribution in [0.15, 0.2) is 52.0 Å². The number of benzene rings is 1. The van der Waals surface area contributed by atoms with E-state index in [2.05, 4.69) is 51.8 Å². The smallest absolute Gasteiger partial charge is 0.214 e. The highest BCUT2D eigenvalue weighted by Gasteiger charge is 2.12. The molecular formula is C18H23IN4O. The van der Waals surface area contributed by atoms with E-state index in [4.69, 9.17) is 4.42 Å². The van der Waals surface area contributed by atoms with Gasteiger partial charge in [0.1, 0.15) is 0 Å². The van der Waals surface area contributed by atoms with Crippen LogP contribution in [0.5, 0.6) is 0 Å². The van der Waals surface area contributed by atoms with Crippen LogP contribution in [0.2, 0.25) is 0 Å². The van der Waals surface area contributed by atoms with Crippen LogP contribution in [-0.4, -0.2) is 24.0 Å². The number of guanidine groups is 1. The molecule has 0 saturated carbocycles. The van der Waals surface area contributed by atoms with Crippen molar-refractivity contribution in [3.63, 3.8) is 0 Å². The Kier molecular flexibility index (Phi) is 6.84. The Labute approximate surface area is 159 Å². The number of oxazole rings is 1. The van der Waals surface area contributed by atoms with E-state index >= 15 is 0 Å². The third kappa shape index (κ3) is 4.83. The van der Waals surface area contributed by atoms with Gasteiger partial charge >= 0.3 is 0 Å². The lowest BCUT2D eigenvalue weighted by Crippen LogP contribution is -2.42. The highest BCUT2D eigenvalue weighted by molar-refractivity contribution is 14.0. The summed E-state index contributed by atoms with van der Waals surface area (Å²) in [5, 5.41) is 6.63. The summed E-state index contributed by atoms with van der Waals surface area (Å²) in [4.78, 5) is 8.57. The van der Waals surface area contributed by atoms with Gasteiger partial charge in [0.05, 0.1) is 12.7 Å². The van der Waals surface area contributed by atoms with Crippen molar-refractivity contribution in [2.75, 3.05) is 7.05 Å². The zero-order valence-electron chi connectivity index (χ0n) is 14.0. The van der Waals surface area contributed by atoms with Crippen LogP contribution in [-0.2, 0) is 6.54 Å². The van der Waals surface area contributed by atoms with E-state index in [-0.39, 0.29) is 24.0 Å². The molecule has 0 radical (unpaired) electrons. The average Bonchev–Trinajstić information content (AvgIpc) is 3.24. The Bertz CT molecular complexity index is 698. The van der Waals surface area contributed by atoms with Gasteiger partial charge in [0.15, 0.2) is 11.7 Å². The van der Waals surface area contributed by atoms with Gasteiger partial charge in [0.2, 0.25) is 5.89 Å². The van der Waals surface area contributed by atoms with Crippen molar-refractivity contribution in [3.8, 4) is 11.3 Å². The molecule has 0 unspecified atom stereocenters. The molecule has 0 spiro atoms. The quantitative estimate of drug-likeness (QED) is 0.331. The third-order valence-corrected chi connectivity index (χ3v) is 3.87. The fourth-order valence-corrected chi connectivity index (χ4v) is 2.53. The molecule has 0 atom stereocenters. The molecule has 0 fully saturated rings. The molecule has 5 nitrogen and oxygen atoms in total. The Balaban J connectivity index is 0.00000208. The molecule has 24 heavy (non-hydrogen) atoms. The standard InChI is InChI=1S/C18H22N4O.HI/c1-13-7-9-14(10-8-13)16-11-20-17(23-16)12-21-18(19-2)22-15-5-3-4-6-15;/h3-4,7-11,15H,5-6,12H2,1-2H3,(H2,19,21,22);1H. The number of aromatic nitrogens is 1. The molecule has 128 valence electrons. The monoisotopic (exact) mass is 438 g/mol. The fourth-order valence-electron chi connectivity index (χ4n) is 2.53. The SMILES string of the molecule is CN=C(NCc1ncc(-c2ccc(C)cc2)o1)NC1CC=CC1.I. The van der Waals surface area contributed by atoms with Crippen LogP contribution in [0.1, 0.15) is 24.3 Å². The maximum atomic E-state index is 5.81. The molecule has 0 amide bonds. The molecule has 1 aromatic heterocycles. The van der Waals surface area contributed by atoms with E-state index < -0.39 is 0 Å². The van der Waals surface area contributed by atoms with Crippen LogP contribution >= 0.6 is 24.0 Å². The Morgan fingerprint density at radius 1 is 1.25 bits per heavy atom. The third-order valence-electron chi connectivity index (χ3n) is 3.87. The Morgan fingerprint density at radius 2 is 1.96 bits per heavy atom. The predicted octanol–water partition coefficient (Wildman–Crippen LogP) is 3.65.